The number of benzene rings is 1. The number of nitrogens with one attached hydrogen (secondary N) is 1. The lowest BCUT2D eigenvalue weighted by molar-refractivity contribution is 0.0411. The van der Waals surface area contributed by atoms with Crippen LogP contribution in [0.25, 0.3) is 0 Å². The average molecular weight is 291 g/mol. The zero-order valence-electron chi connectivity index (χ0n) is 12.9. The maximum Gasteiger partial charge on any atom is 0.129 e. The second-order valence-corrected chi connectivity index (χ2v) is 5.73. The van der Waals surface area contributed by atoms with Crippen LogP contribution < -0.4 is 10.5 Å². The second kappa shape index (κ2) is 7.43. The Bertz CT molecular complexity index is 484. The van der Waals surface area contributed by atoms with Gasteiger partial charge >= 0.3 is 0 Å². The van der Waals surface area contributed by atoms with Crippen LogP contribution in [0, 0.1) is 11.3 Å². The van der Waals surface area contributed by atoms with Gasteiger partial charge in [0.2, 0.25) is 0 Å². The zero-order valence-corrected chi connectivity index (χ0v) is 12.9. The van der Waals surface area contributed by atoms with Gasteiger partial charge < -0.3 is 20.1 Å². The quantitative estimate of drug-likeness (QED) is 0.619. The minimum absolute atomic E-state index is 0.0389. The summed E-state index contributed by atoms with van der Waals surface area (Å²) in [4.78, 5) is 2.30. The van der Waals surface area contributed by atoms with Crippen LogP contribution in [0.4, 0.5) is 0 Å². The van der Waals surface area contributed by atoms with Crippen LogP contribution >= 0.6 is 0 Å². The SMILES string of the molecule is COc1ccc(CN(C)CC2CCCOC2)cc1C(=N)N. The Morgan fingerprint density at radius 3 is 2.95 bits per heavy atom. The minimum atomic E-state index is 0.0389. The lowest BCUT2D eigenvalue weighted by atomic mass is 10.0. The standard InChI is InChI=1S/C16H25N3O2/c1-19(10-13-4-3-7-21-11-13)9-12-5-6-15(20-2)14(8-12)16(17)18/h5-6,8,13H,3-4,7,9-11H2,1-2H3,(H3,17,18). The number of nitrogens with zero attached hydrogens (tertiary/aromatic N) is 1. The molecule has 5 heteroatoms. The maximum absolute atomic E-state index is 7.63. The summed E-state index contributed by atoms with van der Waals surface area (Å²) in [5, 5.41) is 7.63. The summed E-state index contributed by atoms with van der Waals surface area (Å²) >= 11 is 0. The van der Waals surface area contributed by atoms with E-state index in [9.17, 15) is 0 Å². The van der Waals surface area contributed by atoms with Crippen molar-refractivity contribution >= 4 is 5.84 Å². The molecule has 0 bridgehead atoms. The molecule has 3 N–H and O–H groups in total. The third-order valence-corrected chi connectivity index (χ3v) is 3.83. The van der Waals surface area contributed by atoms with E-state index in [-0.39, 0.29) is 5.84 Å². The lowest BCUT2D eigenvalue weighted by Crippen LogP contribution is -2.30. The van der Waals surface area contributed by atoms with Crippen molar-refractivity contribution in [2.24, 2.45) is 11.7 Å². The van der Waals surface area contributed by atoms with Gasteiger partial charge in [-0.3, -0.25) is 5.41 Å². The third kappa shape index (κ3) is 4.44. The Labute approximate surface area is 126 Å². The van der Waals surface area contributed by atoms with Gasteiger partial charge in [0.15, 0.2) is 0 Å². The zero-order chi connectivity index (χ0) is 15.2. The van der Waals surface area contributed by atoms with E-state index in [0.29, 0.717) is 17.2 Å². The highest BCUT2D eigenvalue weighted by Crippen LogP contribution is 2.21. The number of nitrogen functional groups attached to an aromatic ring is 1. The Kier molecular flexibility index (Phi) is 5.59. The van der Waals surface area contributed by atoms with E-state index >= 15 is 0 Å². The van der Waals surface area contributed by atoms with E-state index in [2.05, 4.69) is 11.9 Å². The summed E-state index contributed by atoms with van der Waals surface area (Å²) < 4.78 is 10.8. The molecule has 2 rings (SSSR count). The van der Waals surface area contributed by atoms with Gasteiger partial charge in [-0.15, -0.1) is 0 Å². The summed E-state index contributed by atoms with van der Waals surface area (Å²) in [5.41, 5.74) is 7.41. The molecule has 1 fully saturated rings. The maximum atomic E-state index is 7.63. The molecule has 21 heavy (non-hydrogen) atoms. The molecule has 1 aromatic carbocycles. The molecule has 1 saturated heterocycles. The lowest BCUT2D eigenvalue weighted by Gasteiger charge is -2.27. The molecule has 0 saturated carbocycles. The molecule has 1 aliphatic rings. The van der Waals surface area contributed by atoms with E-state index in [1.807, 2.05) is 18.2 Å². The van der Waals surface area contributed by atoms with Crippen molar-refractivity contribution in [3.8, 4) is 5.75 Å². The van der Waals surface area contributed by atoms with Crippen LogP contribution in [0.3, 0.4) is 0 Å². The van der Waals surface area contributed by atoms with Crippen molar-refractivity contribution in [1.82, 2.24) is 4.90 Å². The number of amidine groups is 1. The topological polar surface area (TPSA) is 71.6 Å². The first kappa shape index (κ1) is 15.8. The molecule has 1 atom stereocenters. The number of hydrogen-bond donors (Lipinski definition) is 2. The Balaban J connectivity index is 1.98. The fourth-order valence-electron chi connectivity index (χ4n) is 2.83. The molecule has 1 heterocycles. The molecular formula is C16H25N3O2. The smallest absolute Gasteiger partial charge is 0.129 e. The van der Waals surface area contributed by atoms with Crippen molar-refractivity contribution < 1.29 is 9.47 Å². The highest BCUT2D eigenvalue weighted by molar-refractivity contribution is 5.97. The number of nitrogens with two attached hydrogens (primary N) is 1. The molecule has 0 radical (unpaired) electrons. The average Bonchev–Trinajstić information content (AvgIpc) is 2.48. The van der Waals surface area contributed by atoms with Crippen molar-refractivity contribution in [2.45, 2.75) is 19.4 Å². The van der Waals surface area contributed by atoms with E-state index in [1.165, 1.54) is 6.42 Å². The van der Waals surface area contributed by atoms with Crippen LogP contribution in [0.15, 0.2) is 18.2 Å². The largest absolute Gasteiger partial charge is 0.496 e. The van der Waals surface area contributed by atoms with E-state index in [4.69, 9.17) is 20.6 Å². The third-order valence-electron chi connectivity index (χ3n) is 3.83. The fraction of sp³-hybridized carbons (Fsp3) is 0.562. The Hall–Kier alpha value is -1.59. The highest BCUT2D eigenvalue weighted by Gasteiger charge is 2.16. The summed E-state index contributed by atoms with van der Waals surface area (Å²) in [6, 6.07) is 5.85. The van der Waals surface area contributed by atoms with Crippen LogP contribution in [-0.2, 0) is 11.3 Å². The molecule has 1 unspecified atom stereocenters. The molecule has 116 valence electrons. The number of ether oxygens (including phenoxy) is 2. The Morgan fingerprint density at radius 2 is 2.33 bits per heavy atom. The van der Waals surface area contributed by atoms with Gasteiger partial charge in [0.05, 0.1) is 19.3 Å². The van der Waals surface area contributed by atoms with Crippen LogP contribution in [0.2, 0.25) is 0 Å². The van der Waals surface area contributed by atoms with Gasteiger partial charge in [-0.2, -0.15) is 0 Å². The molecule has 0 aromatic heterocycles. The highest BCUT2D eigenvalue weighted by atomic mass is 16.5. The van der Waals surface area contributed by atoms with Gasteiger partial charge in [0.25, 0.3) is 0 Å². The summed E-state index contributed by atoms with van der Waals surface area (Å²) in [6.07, 6.45) is 2.40. The van der Waals surface area contributed by atoms with Gasteiger partial charge in [0.1, 0.15) is 11.6 Å². The first-order valence-electron chi connectivity index (χ1n) is 7.37. The van der Waals surface area contributed by atoms with E-state index in [0.717, 1.165) is 38.3 Å². The number of hydrogen-bond acceptors (Lipinski definition) is 4. The Morgan fingerprint density at radius 1 is 1.52 bits per heavy atom. The predicted molar refractivity (Wildman–Crippen MR) is 83.9 cm³/mol. The van der Waals surface area contributed by atoms with Crippen LogP contribution in [0.1, 0.15) is 24.0 Å². The summed E-state index contributed by atoms with van der Waals surface area (Å²) in [5.74, 6) is 1.31. The van der Waals surface area contributed by atoms with E-state index in [1.54, 1.807) is 7.11 Å². The number of methoxy groups -OCH3 is 1. The number of rotatable bonds is 6. The van der Waals surface area contributed by atoms with Crippen molar-refractivity contribution in [3.63, 3.8) is 0 Å². The van der Waals surface area contributed by atoms with Crippen molar-refractivity contribution in [1.29, 1.82) is 5.41 Å². The molecule has 5 nitrogen and oxygen atoms in total. The molecule has 0 amide bonds. The van der Waals surface area contributed by atoms with Crippen LogP contribution in [0.5, 0.6) is 5.75 Å². The fourth-order valence-corrected chi connectivity index (χ4v) is 2.83. The van der Waals surface area contributed by atoms with Gasteiger partial charge in [0, 0.05) is 19.7 Å². The van der Waals surface area contributed by atoms with E-state index < -0.39 is 0 Å². The van der Waals surface area contributed by atoms with Crippen molar-refractivity contribution in [3.05, 3.63) is 29.3 Å². The molecule has 0 spiro atoms. The molecule has 1 aromatic rings. The van der Waals surface area contributed by atoms with Gasteiger partial charge in [-0.05, 0) is 43.5 Å². The monoisotopic (exact) mass is 291 g/mol. The van der Waals surface area contributed by atoms with Gasteiger partial charge in [-0.1, -0.05) is 6.07 Å². The minimum Gasteiger partial charge on any atom is -0.496 e. The van der Waals surface area contributed by atoms with Crippen molar-refractivity contribution in [2.75, 3.05) is 33.9 Å². The van der Waals surface area contributed by atoms with Gasteiger partial charge in [-0.25, -0.2) is 0 Å². The summed E-state index contributed by atoms with van der Waals surface area (Å²) in [7, 11) is 3.71. The van der Waals surface area contributed by atoms with Crippen LogP contribution in [-0.4, -0.2) is 44.7 Å². The molecule has 1 aliphatic heterocycles. The normalized spacial score (nSPS) is 18.7. The first-order valence-corrected chi connectivity index (χ1v) is 7.37. The molecular weight excluding hydrogens is 266 g/mol. The predicted octanol–water partition coefficient (Wildman–Crippen LogP) is 1.84. The second-order valence-electron chi connectivity index (χ2n) is 5.73. The first-order chi connectivity index (χ1) is 10.1. The summed E-state index contributed by atoms with van der Waals surface area (Å²) in [6.45, 7) is 3.63. The molecule has 0 aliphatic carbocycles.